The summed E-state index contributed by atoms with van der Waals surface area (Å²) in [6.07, 6.45) is 3.43. The summed E-state index contributed by atoms with van der Waals surface area (Å²) in [4.78, 5) is 23.6. The molecule has 0 amide bonds. The van der Waals surface area contributed by atoms with E-state index in [1.54, 1.807) is 0 Å². The van der Waals surface area contributed by atoms with Crippen molar-refractivity contribution in [2.24, 2.45) is 0 Å². The van der Waals surface area contributed by atoms with Gasteiger partial charge < -0.3 is 15.1 Å². The molecule has 1 aromatic rings. The Morgan fingerprint density at radius 2 is 2.19 bits per heavy atom. The molecule has 2 N–H and O–H groups in total. The fourth-order valence-corrected chi connectivity index (χ4v) is 2.83. The van der Waals surface area contributed by atoms with Crippen LogP contribution in [0.15, 0.2) is 18.2 Å². The number of hydrogen-bond donors (Lipinski definition) is 2. The molecule has 0 aromatic heterocycles. The summed E-state index contributed by atoms with van der Waals surface area (Å²) in [5, 5.41) is 29.3. The first-order valence-corrected chi connectivity index (χ1v) is 6.94. The smallest absolute Gasteiger partial charge is 0.338 e. The maximum atomic E-state index is 11.4. The van der Waals surface area contributed by atoms with Crippen molar-refractivity contribution in [1.29, 1.82) is 0 Å². The number of anilines is 1. The van der Waals surface area contributed by atoms with Gasteiger partial charge in [-0.15, -0.1) is 0 Å². The molecular formula is C14H18N2O5. The Kier molecular flexibility index (Phi) is 4.74. The largest absolute Gasteiger partial charge is 0.478 e. The van der Waals surface area contributed by atoms with Crippen LogP contribution in [0.5, 0.6) is 0 Å². The summed E-state index contributed by atoms with van der Waals surface area (Å²) < 4.78 is 0. The predicted octanol–water partition coefficient (Wildman–Crippen LogP) is 2.03. The second kappa shape index (κ2) is 6.53. The van der Waals surface area contributed by atoms with E-state index in [0.717, 1.165) is 25.3 Å². The highest BCUT2D eigenvalue weighted by atomic mass is 16.6. The monoisotopic (exact) mass is 294 g/mol. The first-order valence-electron chi connectivity index (χ1n) is 6.94. The number of non-ortho nitro benzene ring substituents is 1. The summed E-state index contributed by atoms with van der Waals surface area (Å²) in [5.74, 6) is -1.18. The van der Waals surface area contributed by atoms with Crippen LogP contribution in [-0.2, 0) is 0 Å². The van der Waals surface area contributed by atoms with Crippen molar-refractivity contribution in [3.63, 3.8) is 0 Å². The lowest BCUT2D eigenvalue weighted by Crippen LogP contribution is -2.41. The Morgan fingerprint density at radius 3 is 2.81 bits per heavy atom. The van der Waals surface area contributed by atoms with Crippen LogP contribution in [0.4, 0.5) is 11.4 Å². The fraction of sp³-hybridized carbons (Fsp3) is 0.500. The van der Waals surface area contributed by atoms with Gasteiger partial charge in [0.1, 0.15) is 0 Å². The summed E-state index contributed by atoms with van der Waals surface area (Å²) in [6.45, 7) is 0.735. The third-order valence-corrected chi connectivity index (χ3v) is 3.82. The lowest BCUT2D eigenvalue weighted by Gasteiger charge is -2.38. The molecule has 1 fully saturated rings. The highest BCUT2D eigenvalue weighted by Gasteiger charge is 2.27. The second-order valence-corrected chi connectivity index (χ2v) is 5.12. The Morgan fingerprint density at radius 1 is 1.43 bits per heavy atom. The average molecular weight is 294 g/mol. The number of benzene rings is 1. The molecule has 7 heteroatoms. The standard InChI is InChI=1S/C14H18N2O5/c17-8-6-10-3-1-2-7-15(10)13-5-4-11(16(20)21)9-12(13)14(18)19/h4-5,9-10,17H,1-3,6-8H2,(H,18,19). The summed E-state index contributed by atoms with van der Waals surface area (Å²) in [5.41, 5.74) is 0.201. The molecule has 0 radical (unpaired) electrons. The summed E-state index contributed by atoms with van der Waals surface area (Å²) >= 11 is 0. The molecule has 1 aliphatic rings. The summed E-state index contributed by atoms with van der Waals surface area (Å²) in [6, 6.07) is 4.00. The topological polar surface area (TPSA) is 104 Å². The lowest BCUT2D eigenvalue weighted by molar-refractivity contribution is -0.384. The number of aliphatic hydroxyl groups is 1. The molecule has 1 heterocycles. The van der Waals surface area contributed by atoms with E-state index in [1.807, 2.05) is 4.90 Å². The molecule has 7 nitrogen and oxygen atoms in total. The maximum Gasteiger partial charge on any atom is 0.338 e. The van der Waals surface area contributed by atoms with E-state index in [4.69, 9.17) is 5.11 Å². The molecule has 0 saturated carbocycles. The van der Waals surface area contributed by atoms with E-state index >= 15 is 0 Å². The number of rotatable bonds is 5. The van der Waals surface area contributed by atoms with Gasteiger partial charge in [0.2, 0.25) is 0 Å². The van der Waals surface area contributed by atoms with Crippen LogP contribution >= 0.6 is 0 Å². The van der Waals surface area contributed by atoms with Gasteiger partial charge in [-0.1, -0.05) is 0 Å². The number of carbonyl (C=O) groups is 1. The number of carboxylic acid groups (broad SMARTS) is 1. The van der Waals surface area contributed by atoms with Crippen LogP contribution in [0.2, 0.25) is 0 Å². The highest BCUT2D eigenvalue weighted by Crippen LogP contribution is 2.31. The molecular weight excluding hydrogens is 276 g/mol. The third-order valence-electron chi connectivity index (χ3n) is 3.82. The number of hydrogen-bond acceptors (Lipinski definition) is 5. The number of nitro groups is 1. The summed E-state index contributed by atoms with van der Waals surface area (Å²) in [7, 11) is 0. The third kappa shape index (κ3) is 3.30. The van der Waals surface area contributed by atoms with Gasteiger partial charge in [0.05, 0.1) is 16.2 Å². The van der Waals surface area contributed by atoms with Crippen LogP contribution < -0.4 is 4.90 Å². The van der Waals surface area contributed by atoms with Gasteiger partial charge in [0, 0.05) is 31.3 Å². The van der Waals surface area contributed by atoms with E-state index < -0.39 is 10.9 Å². The van der Waals surface area contributed by atoms with Crippen LogP contribution in [-0.4, -0.2) is 40.3 Å². The number of piperidine rings is 1. The predicted molar refractivity (Wildman–Crippen MR) is 76.7 cm³/mol. The van der Waals surface area contributed by atoms with E-state index in [1.165, 1.54) is 12.1 Å². The SMILES string of the molecule is O=C(O)c1cc([N+](=O)[O-])ccc1N1CCCCC1CCO. The molecule has 0 aliphatic carbocycles. The van der Waals surface area contributed by atoms with Crippen LogP contribution in [0.25, 0.3) is 0 Å². The minimum atomic E-state index is -1.18. The van der Waals surface area contributed by atoms with E-state index in [0.29, 0.717) is 18.7 Å². The van der Waals surface area contributed by atoms with E-state index in [-0.39, 0.29) is 23.9 Å². The van der Waals surface area contributed by atoms with Crippen LogP contribution in [0.1, 0.15) is 36.0 Å². The molecule has 1 aliphatic heterocycles. The normalized spacial score (nSPS) is 18.5. The molecule has 2 rings (SSSR count). The number of nitrogens with zero attached hydrogens (tertiary/aromatic N) is 2. The molecule has 1 atom stereocenters. The molecule has 0 spiro atoms. The Bertz CT molecular complexity index is 544. The maximum absolute atomic E-state index is 11.4. The zero-order valence-corrected chi connectivity index (χ0v) is 11.6. The van der Waals surface area contributed by atoms with Gasteiger partial charge in [-0.05, 0) is 31.7 Å². The molecule has 1 aromatic carbocycles. The molecule has 114 valence electrons. The second-order valence-electron chi connectivity index (χ2n) is 5.12. The van der Waals surface area contributed by atoms with Gasteiger partial charge in [-0.2, -0.15) is 0 Å². The first kappa shape index (κ1) is 15.2. The number of aliphatic hydroxyl groups excluding tert-OH is 1. The zero-order chi connectivity index (χ0) is 15.4. The minimum absolute atomic E-state index is 0.0382. The average Bonchev–Trinajstić information content (AvgIpc) is 2.47. The molecule has 1 saturated heterocycles. The molecule has 1 unspecified atom stereocenters. The van der Waals surface area contributed by atoms with Gasteiger partial charge in [0.15, 0.2) is 0 Å². The van der Waals surface area contributed by atoms with Gasteiger partial charge in [-0.3, -0.25) is 10.1 Å². The van der Waals surface area contributed by atoms with E-state index in [9.17, 15) is 20.0 Å². The van der Waals surface area contributed by atoms with Crippen molar-refractivity contribution in [1.82, 2.24) is 0 Å². The Balaban J connectivity index is 2.41. The highest BCUT2D eigenvalue weighted by molar-refractivity contribution is 5.95. The van der Waals surface area contributed by atoms with Crippen molar-refractivity contribution in [3.05, 3.63) is 33.9 Å². The first-order chi connectivity index (χ1) is 10.0. The number of nitro benzene ring substituents is 1. The van der Waals surface area contributed by atoms with Crippen molar-refractivity contribution < 1.29 is 19.9 Å². The Hall–Kier alpha value is -2.15. The molecule has 0 bridgehead atoms. The minimum Gasteiger partial charge on any atom is -0.478 e. The van der Waals surface area contributed by atoms with Crippen molar-refractivity contribution in [2.45, 2.75) is 31.7 Å². The van der Waals surface area contributed by atoms with Gasteiger partial charge in [-0.25, -0.2) is 4.79 Å². The number of aromatic carboxylic acids is 1. The Labute approximate surface area is 122 Å². The van der Waals surface area contributed by atoms with Crippen molar-refractivity contribution in [2.75, 3.05) is 18.1 Å². The lowest BCUT2D eigenvalue weighted by atomic mass is 9.97. The van der Waals surface area contributed by atoms with Crippen LogP contribution in [0.3, 0.4) is 0 Å². The van der Waals surface area contributed by atoms with Gasteiger partial charge in [0.25, 0.3) is 5.69 Å². The van der Waals surface area contributed by atoms with Crippen LogP contribution in [0, 0.1) is 10.1 Å². The zero-order valence-electron chi connectivity index (χ0n) is 11.6. The van der Waals surface area contributed by atoms with Crippen molar-refractivity contribution >= 4 is 17.3 Å². The number of carboxylic acids is 1. The quantitative estimate of drug-likeness (QED) is 0.636. The fourth-order valence-electron chi connectivity index (χ4n) is 2.83. The molecule has 21 heavy (non-hydrogen) atoms. The van der Waals surface area contributed by atoms with Crippen molar-refractivity contribution in [3.8, 4) is 0 Å². The van der Waals surface area contributed by atoms with E-state index in [2.05, 4.69) is 0 Å². The van der Waals surface area contributed by atoms with Gasteiger partial charge >= 0.3 is 5.97 Å².